The summed E-state index contributed by atoms with van der Waals surface area (Å²) >= 11 is 1.02. The Labute approximate surface area is 209 Å². The Morgan fingerprint density at radius 3 is 2.33 bits per heavy atom. The number of carbonyl (C=O) groups is 1. The molecule has 0 aliphatic carbocycles. The minimum Gasteiger partial charge on any atom is -0.303 e. The number of aryl methyl sites for hydroxylation is 1. The summed E-state index contributed by atoms with van der Waals surface area (Å²) in [4.78, 5) is 45.8. The van der Waals surface area contributed by atoms with Crippen molar-refractivity contribution in [2.24, 2.45) is 0 Å². The molecule has 7 nitrogen and oxygen atoms in total. The first-order valence-electron chi connectivity index (χ1n) is 11.5. The van der Waals surface area contributed by atoms with E-state index in [2.05, 4.69) is 10.1 Å². The Bertz CT molecular complexity index is 1810. The molecule has 0 atom stereocenters. The highest BCUT2D eigenvalue weighted by atomic mass is 32.1. The molecule has 1 aliphatic heterocycles. The molecule has 1 aliphatic rings. The van der Waals surface area contributed by atoms with Crippen molar-refractivity contribution >= 4 is 33.5 Å². The third-order valence-corrected chi connectivity index (χ3v) is 7.28. The van der Waals surface area contributed by atoms with Crippen LogP contribution in [0.3, 0.4) is 0 Å². The molecule has 1 amide bonds. The average molecular weight is 493 g/mol. The molecule has 0 bridgehead atoms. The fourth-order valence-electron chi connectivity index (χ4n) is 4.43. The number of benzene rings is 3. The molecule has 8 heteroatoms. The number of thiazole rings is 1. The Balaban J connectivity index is 1.49. The number of carbonyl (C=O) groups excluding carboxylic acids is 1. The summed E-state index contributed by atoms with van der Waals surface area (Å²) in [6, 6.07) is 24.9. The zero-order chi connectivity index (χ0) is 24.8. The summed E-state index contributed by atoms with van der Waals surface area (Å²) in [5.41, 5.74) is 4.03. The van der Waals surface area contributed by atoms with Gasteiger partial charge in [0.05, 0.1) is 17.8 Å². The maximum atomic E-state index is 13.7. The van der Waals surface area contributed by atoms with Crippen LogP contribution < -0.4 is 20.6 Å². The normalized spacial score (nSPS) is 14.5. The zero-order valence-electron chi connectivity index (χ0n) is 19.3. The predicted octanol–water partition coefficient (Wildman–Crippen LogP) is 2.88. The number of hydrogen-bond acceptors (Lipinski definition) is 6. The van der Waals surface area contributed by atoms with Crippen molar-refractivity contribution in [1.29, 1.82) is 0 Å². The van der Waals surface area contributed by atoms with E-state index in [1.165, 1.54) is 0 Å². The van der Waals surface area contributed by atoms with Gasteiger partial charge >= 0.3 is 0 Å². The first-order chi connectivity index (χ1) is 17.5. The van der Waals surface area contributed by atoms with Crippen LogP contribution in [0.15, 0.2) is 88.5 Å². The molecule has 0 radical (unpaired) electrons. The van der Waals surface area contributed by atoms with Gasteiger partial charge in [0.15, 0.2) is 0 Å². The number of nitrogens with zero attached hydrogens (tertiary/aromatic N) is 4. The second-order valence-electron chi connectivity index (χ2n) is 8.73. The number of rotatable bonds is 4. The summed E-state index contributed by atoms with van der Waals surface area (Å²) in [5, 5.41) is 4.34. The highest BCUT2D eigenvalue weighted by Gasteiger charge is 2.34. The molecule has 3 aromatic carbocycles. The monoisotopic (exact) mass is 492 g/mol. The van der Waals surface area contributed by atoms with E-state index in [0.29, 0.717) is 17.7 Å². The fourth-order valence-corrected chi connectivity index (χ4v) is 5.42. The van der Waals surface area contributed by atoms with Crippen molar-refractivity contribution in [3.05, 3.63) is 132 Å². The van der Waals surface area contributed by atoms with Gasteiger partial charge in [0, 0.05) is 12.0 Å². The smallest absolute Gasteiger partial charge is 0.296 e. The topological polar surface area (TPSA) is 84.6 Å². The maximum absolute atomic E-state index is 13.7. The van der Waals surface area contributed by atoms with E-state index in [1.807, 2.05) is 85.8 Å². The summed E-state index contributed by atoms with van der Waals surface area (Å²) in [5.74, 6) is -0.257. The van der Waals surface area contributed by atoms with Crippen LogP contribution in [0.4, 0.5) is 5.69 Å². The zero-order valence-corrected chi connectivity index (χ0v) is 20.2. The first-order valence-corrected chi connectivity index (χ1v) is 12.3. The van der Waals surface area contributed by atoms with Crippen LogP contribution in [0.2, 0.25) is 0 Å². The lowest BCUT2D eigenvalue weighted by Gasteiger charge is -2.17. The van der Waals surface area contributed by atoms with Crippen molar-refractivity contribution in [3.8, 4) is 0 Å². The number of aromatic nitrogens is 3. The van der Waals surface area contributed by atoms with E-state index < -0.39 is 11.1 Å². The van der Waals surface area contributed by atoms with Crippen LogP contribution in [0, 0.1) is 6.92 Å². The molecule has 3 heterocycles. The van der Waals surface area contributed by atoms with Gasteiger partial charge in [-0.25, -0.2) is 0 Å². The molecular weight excluding hydrogens is 472 g/mol. The summed E-state index contributed by atoms with van der Waals surface area (Å²) < 4.78 is 1.38. The minimum absolute atomic E-state index is 0.173. The van der Waals surface area contributed by atoms with E-state index in [0.717, 1.165) is 38.2 Å². The van der Waals surface area contributed by atoms with Gasteiger partial charge in [0.1, 0.15) is 10.2 Å². The molecule has 5 aromatic rings. The van der Waals surface area contributed by atoms with Crippen LogP contribution in [-0.4, -0.2) is 20.5 Å². The van der Waals surface area contributed by atoms with E-state index in [4.69, 9.17) is 0 Å². The summed E-state index contributed by atoms with van der Waals surface area (Å²) in [6.07, 6.45) is 0.267. The lowest BCUT2D eigenvalue weighted by Crippen LogP contribution is -2.33. The van der Waals surface area contributed by atoms with Gasteiger partial charge in [-0.2, -0.15) is 14.6 Å². The van der Waals surface area contributed by atoms with Gasteiger partial charge in [-0.05, 0) is 24.1 Å². The molecule has 2 aromatic heterocycles. The van der Waals surface area contributed by atoms with E-state index >= 15 is 0 Å². The van der Waals surface area contributed by atoms with E-state index in [1.54, 1.807) is 4.90 Å². The highest BCUT2D eigenvalue weighted by Crippen LogP contribution is 2.36. The highest BCUT2D eigenvalue weighted by molar-refractivity contribution is 7.15. The Morgan fingerprint density at radius 2 is 1.56 bits per heavy atom. The van der Waals surface area contributed by atoms with Crippen molar-refractivity contribution < 1.29 is 4.79 Å². The molecule has 0 saturated carbocycles. The van der Waals surface area contributed by atoms with Crippen molar-refractivity contribution in [1.82, 2.24) is 14.6 Å². The molecular formula is C28H20N4O3S. The minimum atomic E-state index is -0.476. The van der Waals surface area contributed by atoms with Crippen LogP contribution in [-0.2, 0) is 17.8 Å². The van der Waals surface area contributed by atoms with Gasteiger partial charge in [-0.3, -0.25) is 14.4 Å². The first kappa shape index (κ1) is 22.1. The van der Waals surface area contributed by atoms with E-state index in [-0.39, 0.29) is 27.5 Å². The van der Waals surface area contributed by atoms with Crippen LogP contribution in [0.1, 0.15) is 27.9 Å². The third kappa shape index (κ3) is 3.72. The molecule has 0 unspecified atom stereocenters. The van der Waals surface area contributed by atoms with Gasteiger partial charge in [0.25, 0.3) is 17.0 Å². The molecule has 0 spiro atoms. The SMILES string of the molecule is Cc1ccc(CN2C(=O)C(=c3sc4nc(=O)c(Cc5ccccc5)nn4c3=O)c3ccccc32)cc1. The number of fused-ring (bicyclic) bond motifs is 2. The fraction of sp³-hybridized carbons (Fsp3) is 0.107. The van der Waals surface area contributed by atoms with Crippen molar-refractivity contribution in [2.45, 2.75) is 19.9 Å². The van der Waals surface area contributed by atoms with Crippen LogP contribution >= 0.6 is 11.3 Å². The molecule has 176 valence electrons. The Kier molecular flexibility index (Phi) is 5.30. The van der Waals surface area contributed by atoms with Crippen molar-refractivity contribution in [2.75, 3.05) is 4.90 Å². The van der Waals surface area contributed by atoms with Gasteiger partial charge in [-0.15, -0.1) is 0 Å². The number of hydrogen-bond donors (Lipinski definition) is 0. The van der Waals surface area contributed by atoms with Gasteiger partial charge in [-0.1, -0.05) is 89.7 Å². The second kappa shape index (κ2) is 8.66. The number of anilines is 1. The van der Waals surface area contributed by atoms with Crippen molar-refractivity contribution in [3.63, 3.8) is 0 Å². The molecule has 0 fully saturated rings. The molecule has 0 saturated heterocycles. The average Bonchev–Trinajstić information content (AvgIpc) is 3.34. The Morgan fingerprint density at radius 1 is 0.833 bits per heavy atom. The molecule has 6 rings (SSSR count). The van der Waals surface area contributed by atoms with Gasteiger partial charge < -0.3 is 4.90 Å². The quantitative estimate of drug-likeness (QED) is 0.385. The summed E-state index contributed by atoms with van der Waals surface area (Å²) in [6.45, 7) is 2.40. The second-order valence-corrected chi connectivity index (χ2v) is 9.70. The van der Waals surface area contributed by atoms with E-state index in [9.17, 15) is 14.4 Å². The lowest BCUT2D eigenvalue weighted by molar-refractivity contribution is -0.113. The maximum Gasteiger partial charge on any atom is 0.296 e. The summed E-state index contributed by atoms with van der Waals surface area (Å²) in [7, 11) is 0. The largest absolute Gasteiger partial charge is 0.303 e. The number of para-hydroxylation sites is 1. The van der Waals surface area contributed by atoms with Crippen LogP contribution in [0.25, 0.3) is 10.5 Å². The van der Waals surface area contributed by atoms with Crippen LogP contribution in [0.5, 0.6) is 0 Å². The molecule has 36 heavy (non-hydrogen) atoms. The predicted molar refractivity (Wildman–Crippen MR) is 139 cm³/mol. The lowest BCUT2D eigenvalue weighted by atomic mass is 10.1. The number of amides is 1. The Hall–Kier alpha value is -4.43. The standard InChI is InChI=1S/C28H20N4O3S/c1-17-11-13-19(14-12-17)16-31-22-10-6-5-9-20(22)23(26(31)34)24-27(35)32-28(36-24)29-25(33)21(30-32)15-18-7-3-2-4-8-18/h2-14H,15-16H2,1H3. The van der Waals surface area contributed by atoms with Gasteiger partial charge in [0.2, 0.25) is 4.96 Å². The third-order valence-electron chi connectivity index (χ3n) is 6.25. The molecule has 0 N–H and O–H groups in total.